The molecule has 5 aliphatic carbocycles. The van der Waals surface area contributed by atoms with Crippen molar-refractivity contribution >= 4 is 27.5 Å². The maximum atomic E-state index is 13.9. The molecular formula is C38H53NO5S. The van der Waals surface area contributed by atoms with Crippen molar-refractivity contribution in [1.29, 1.82) is 0 Å². The largest absolute Gasteiger partial charge is 0.478 e. The van der Waals surface area contributed by atoms with Crippen LogP contribution < -0.4 is 4.72 Å². The van der Waals surface area contributed by atoms with E-state index in [0.717, 1.165) is 75.2 Å². The van der Waals surface area contributed by atoms with Crippen molar-refractivity contribution in [2.75, 3.05) is 6.26 Å². The molecule has 0 unspecified atom stereocenters. The van der Waals surface area contributed by atoms with Gasteiger partial charge in [-0.3, -0.25) is 9.52 Å². The molecule has 0 heterocycles. The molecule has 2 N–H and O–H groups in total. The molecule has 4 fully saturated rings. The Bertz CT molecular complexity index is 1570. The Labute approximate surface area is 270 Å². The number of carboxylic acid groups (broad SMARTS) is 1. The van der Waals surface area contributed by atoms with E-state index in [1.165, 1.54) is 5.57 Å². The highest BCUT2D eigenvalue weighted by atomic mass is 32.2. The molecular weight excluding hydrogens is 582 g/mol. The van der Waals surface area contributed by atoms with Crippen molar-refractivity contribution in [3.8, 4) is 0 Å². The fraction of sp³-hybridized carbons (Fsp3) is 0.684. The molecule has 0 radical (unpaired) electrons. The van der Waals surface area contributed by atoms with Crippen LogP contribution in [0.5, 0.6) is 0 Å². The van der Waals surface area contributed by atoms with Crippen LogP contribution in [0.3, 0.4) is 0 Å². The molecule has 0 bridgehead atoms. The molecule has 7 heteroatoms. The van der Waals surface area contributed by atoms with Crippen molar-refractivity contribution in [1.82, 2.24) is 4.72 Å². The highest BCUT2D eigenvalue weighted by Gasteiger charge is 2.71. The average molecular weight is 636 g/mol. The molecule has 1 amide bonds. The van der Waals surface area contributed by atoms with Gasteiger partial charge in [-0.25, -0.2) is 13.2 Å². The number of amides is 1. The van der Waals surface area contributed by atoms with Crippen LogP contribution in [-0.4, -0.2) is 31.7 Å². The molecule has 246 valence electrons. The molecule has 6 rings (SSSR count). The van der Waals surface area contributed by atoms with E-state index in [1.807, 2.05) is 12.1 Å². The lowest BCUT2D eigenvalue weighted by Crippen LogP contribution is -2.66. The quantitative estimate of drug-likeness (QED) is 0.319. The SMILES string of the molecule is C=C(C)[C@@H]1CC[C@]2(C(=O)NS(C)(=O)=O)CC[C@]3(C)[C@H](CC[C@@H]4[C@@]5(C)CC=C(c6ccc(C(=O)O)cc6)C(C)(C)[C@@H]5CC[C@]43C)[C@@H]12. The topological polar surface area (TPSA) is 101 Å². The number of fused-ring (bicyclic) bond motifs is 7. The highest BCUT2D eigenvalue weighted by molar-refractivity contribution is 7.89. The second-order valence-electron chi connectivity index (χ2n) is 17.0. The maximum absolute atomic E-state index is 13.9. The Balaban J connectivity index is 1.37. The highest BCUT2D eigenvalue weighted by Crippen LogP contribution is 2.77. The zero-order valence-electron chi connectivity index (χ0n) is 28.3. The van der Waals surface area contributed by atoms with Gasteiger partial charge in [-0.05, 0) is 139 Å². The number of allylic oxidation sites excluding steroid dienone is 3. The third-order valence-electron chi connectivity index (χ3n) is 14.8. The Morgan fingerprint density at radius 2 is 1.56 bits per heavy atom. The summed E-state index contributed by atoms with van der Waals surface area (Å²) in [7, 11) is -3.65. The van der Waals surface area contributed by atoms with Crippen LogP contribution >= 0.6 is 0 Å². The molecule has 1 aromatic rings. The van der Waals surface area contributed by atoms with Gasteiger partial charge in [0.25, 0.3) is 0 Å². The number of carbonyl (C=O) groups excluding carboxylic acids is 1. The number of carbonyl (C=O) groups is 2. The lowest BCUT2D eigenvalue weighted by atomic mass is 9.32. The zero-order chi connectivity index (χ0) is 33.0. The minimum absolute atomic E-state index is 0.0439. The number of nitrogens with one attached hydrogen (secondary N) is 1. The van der Waals surface area contributed by atoms with Crippen LogP contribution in [0, 0.1) is 56.7 Å². The number of rotatable bonds is 5. The smallest absolute Gasteiger partial charge is 0.335 e. The molecule has 45 heavy (non-hydrogen) atoms. The Morgan fingerprint density at radius 3 is 2.16 bits per heavy atom. The molecule has 6 nitrogen and oxygen atoms in total. The van der Waals surface area contributed by atoms with Gasteiger partial charge in [0.2, 0.25) is 15.9 Å². The van der Waals surface area contributed by atoms with E-state index in [1.54, 1.807) is 12.1 Å². The predicted molar refractivity (Wildman–Crippen MR) is 179 cm³/mol. The van der Waals surface area contributed by atoms with Gasteiger partial charge in [0, 0.05) is 0 Å². The van der Waals surface area contributed by atoms with E-state index in [2.05, 4.69) is 58.9 Å². The number of carboxylic acids is 1. The van der Waals surface area contributed by atoms with Crippen LogP contribution in [0.4, 0.5) is 0 Å². The first kappa shape index (κ1) is 32.5. The van der Waals surface area contributed by atoms with Crippen molar-refractivity contribution < 1.29 is 23.1 Å². The summed E-state index contributed by atoms with van der Waals surface area (Å²) in [6, 6.07) is 7.41. The first-order valence-electron chi connectivity index (χ1n) is 17.0. The lowest BCUT2D eigenvalue weighted by molar-refractivity contribution is -0.224. The standard InChI is InChI=1S/C38H53NO5S/c1-23(2)26-15-20-38(33(42)39-45(8,43)44)22-21-36(6)28(31(26)38)13-14-30-35(5)18-16-27(24-9-11-25(12-10-24)32(40)41)34(3,4)29(35)17-19-37(30,36)7/h9-12,16,26,28-31H,1,13-15,17-22H2,2-8H3,(H,39,42)(H,40,41)/t26-,28+,29-,30+,31+,35-,36+,37+,38-/m0/s1. The number of aromatic carboxylic acids is 1. The van der Waals surface area contributed by atoms with Gasteiger partial charge in [0.15, 0.2) is 0 Å². The second-order valence-corrected chi connectivity index (χ2v) is 18.7. The maximum Gasteiger partial charge on any atom is 0.335 e. The summed E-state index contributed by atoms with van der Waals surface area (Å²) in [5.41, 5.74) is 3.47. The first-order chi connectivity index (χ1) is 20.8. The van der Waals surface area contributed by atoms with Gasteiger partial charge in [0.05, 0.1) is 17.2 Å². The Kier molecular flexibility index (Phi) is 7.44. The third-order valence-corrected chi connectivity index (χ3v) is 15.4. The summed E-state index contributed by atoms with van der Waals surface area (Å²) in [6.07, 6.45) is 12.4. The number of hydrogen-bond acceptors (Lipinski definition) is 4. The molecule has 0 aromatic heterocycles. The van der Waals surface area contributed by atoms with Gasteiger partial charge < -0.3 is 5.11 Å². The molecule has 4 saturated carbocycles. The van der Waals surface area contributed by atoms with E-state index in [4.69, 9.17) is 0 Å². The molecule has 0 aliphatic heterocycles. The molecule has 0 spiro atoms. The van der Waals surface area contributed by atoms with Gasteiger partial charge in [-0.1, -0.05) is 65.0 Å². The van der Waals surface area contributed by atoms with Crippen molar-refractivity contribution in [2.24, 2.45) is 56.7 Å². The minimum atomic E-state index is -3.65. The van der Waals surface area contributed by atoms with Gasteiger partial charge in [0.1, 0.15) is 0 Å². The van der Waals surface area contributed by atoms with Crippen LogP contribution in [0.1, 0.15) is 115 Å². The van der Waals surface area contributed by atoms with Crippen LogP contribution in [0.25, 0.3) is 5.57 Å². The van der Waals surface area contributed by atoms with Crippen molar-refractivity contribution in [3.05, 3.63) is 53.6 Å². The van der Waals surface area contributed by atoms with E-state index in [-0.39, 0.29) is 39.4 Å². The van der Waals surface area contributed by atoms with E-state index < -0.39 is 21.4 Å². The second kappa shape index (κ2) is 10.3. The fourth-order valence-electron chi connectivity index (χ4n) is 12.7. The molecule has 1 aromatic carbocycles. The van der Waals surface area contributed by atoms with Crippen LogP contribution in [-0.2, 0) is 14.8 Å². The number of hydrogen-bond donors (Lipinski definition) is 2. The Hall–Kier alpha value is -2.41. The van der Waals surface area contributed by atoms with Crippen LogP contribution in [0.2, 0.25) is 0 Å². The monoisotopic (exact) mass is 635 g/mol. The number of benzene rings is 1. The zero-order valence-corrected chi connectivity index (χ0v) is 29.1. The van der Waals surface area contributed by atoms with E-state index in [0.29, 0.717) is 23.3 Å². The summed E-state index contributed by atoms with van der Waals surface area (Å²) in [6.45, 7) is 18.9. The summed E-state index contributed by atoms with van der Waals surface area (Å²) in [5.74, 6) is 0.550. The number of sulfonamides is 1. The van der Waals surface area contributed by atoms with Crippen molar-refractivity contribution in [2.45, 2.75) is 99.3 Å². The van der Waals surface area contributed by atoms with Gasteiger partial charge in [-0.2, -0.15) is 0 Å². The Morgan fingerprint density at radius 1 is 0.889 bits per heavy atom. The van der Waals surface area contributed by atoms with Crippen molar-refractivity contribution in [3.63, 3.8) is 0 Å². The van der Waals surface area contributed by atoms with E-state index in [9.17, 15) is 23.1 Å². The van der Waals surface area contributed by atoms with E-state index >= 15 is 0 Å². The molecule has 5 aliphatic rings. The molecule has 9 atom stereocenters. The molecule has 0 saturated heterocycles. The first-order valence-corrected chi connectivity index (χ1v) is 18.9. The van der Waals surface area contributed by atoms with Crippen LogP contribution in [0.15, 0.2) is 42.5 Å². The normalized spacial score (nSPS) is 41.8. The van der Waals surface area contributed by atoms with Gasteiger partial charge in [-0.15, -0.1) is 0 Å². The summed E-state index contributed by atoms with van der Waals surface area (Å²) in [5, 5.41) is 9.43. The third kappa shape index (κ3) is 4.56. The minimum Gasteiger partial charge on any atom is -0.478 e. The summed E-state index contributed by atoms with van der Waals surface area (Å²) >= 11 is 0. The van der Waals surface area contributed by atoms with Gasteiger partial charge >= 0.3 is 5.97 Å². The lowest BCUT2D eigenvalue weighted by Gasteiger charge is -2.72. The fourth-order valence-corrected chi connectivity index (χ4v) is 13.2. The predicted octanol–water partition coefficient (Wildman–Crippen LogP) is 8.11. The summed E-state index contributed by atoms with van der Waals surface area (Å²) in [4.78, 5) is 25.4. The summed E-state index contributed by atoms with van der Waals surface area (Å²) < 4.78 is 27.0. The average Bonchev–Trinajstić information content (AvgIpc) is 3.34.